The summed E-state index contributed by atoms with van der Waals surface area (Å²) in [4.78, 5) is 18.0. The predicted octanol–water partition coefficient (Wildman–Crippen LogP) is 2.08. The van der Waals surface area contributed by atoms with E-state index in [0.29, 0.717) is 0 Å². The van der Waals surface area contributed by atoms with Crippen LogP contribution in [0.25, 0.3) is 21.8 Å². The standard InChI is InChI=1S/C12H8N2O/c15-12-7-13-10-5-8-3-1-2-4-9(8)6-11(10)14-12/h1-7H,(H,14,15). The van der Waals surface area contributed by atoms with E-state index in [-0.39, 0.29) is 5.56 Å². The minimum atomic E-state index is -0.169. The van der Waals surface area contributed by atoms with E-state index in [9.17, 15) is 4.79 Å². The lowest BCUT2D eigenvalue weighted by molar-refractivity contribution is 1.22. The van der Waals surface area contributed by atoms with Crippen LogP contribution in [0.15, 0.2) is 47.4 Å². The van der Waals surface area contributed by atoms with Gasteiger partial charge >= 0.3 is 0 Å². The number of fused-ring (bicyclic) bond motifs is 2. The molecule has 1 aromatic heterocycles. The molecule has 3 heteroatoms. The molecule has 0 aliphatic heterocycles. The van der Waals surface area contributed by atoms with Crippen LogP contribution in [-0.4, -0.2) is 9.97 Å². The Morgan fingerprint density at radius 1 is 1.07 bits per heavy atom. The van der Waals surface area contributed by atoms with Gasteiger partial charge < -0.3 is 4.98 Å². The topological polar surface area (TPSA) is 45.8 Å². The monoisotopic (exact) mass is 196 g/mol. The van der Waals surface area contributed by atoms with Crippen molar-refractivity contribution in [3.63, 3.8) is 0 Å². The maximum Gasteiger partial charge on any atom is 0.266 e. The largest absolute Gasteiger partial charge is 0.319 e. The van der Waals surface area contributed by atoms with Crippen molar-refractivity contribution < 1.29 is 0 Å². The molecule has 3 nitrogen and oxygen atoms in total. The molecule has 0 radical (unpaired) electrons. The van der Waals surface area contributed by atoms with E-state index in [1.54, 1.807) is 0 Å². The number of aromatic amines is 1. The maximum atomic E-state index is 11.1. The third-order valence-corrected chi connectivity index (χ3v) is 2.44. The molecular weight excluding hydrogens is 188 g/mol. The van der Waals surface area contributed by atoms with Gasteiger partial charge in [-0.3, -0.25) is 4.79 Å². The van der Waals surface area contributed by atoms with E-state index in [0.717, 1.165) is 21.8 Å². The van der Waals surface area contributed by atoms with Crippen molar-refractivity contribution in [3.8, 4) is 0 Å². The second kappa shape index (κ2) is 2.92. The number of aromatic nitrogens is 2. The van der Waals surface area contributed by atoms with Crippen molar-refractivity contribution in [3.05, 3.63) is 52.9 Å². The molecule has 0 atom stereocenters. The second-order valence-electron chi connectivity index (χ2n) is 3.46. The van der Waals surface area contributed by atoms with Crippen LogP contribution in [0.2, 0.25) is 0 Å². The van der Waals surface area contributed by atoms with Gasteiger partial charge in [0.25, 0.3) is 5.56 Å². The summed E-state index contributed by atoms with van der Waals surface area (Å²) in [5.74, 6) is 0. The molecular formula is C12H8N2O. The summed E-state index contributed by atoms with van der Waals surface area (Å²) in [6.45, 7) is 0. The third-order valence-electron chi connectivity index (χ3n) is 2.44. The quantitative estimate of drug-likeness (QED) is 0.559. The van der Waals surface area contributed by atoms with Crippen molar-refractivity contribution in [2.24, 2.45) is 0 Å². The molecule has 0 fully saturated rings. The van der Waals surface area contributed by atoms with Crippen LogP contribution in [0.1, 0.15) is 0 Å². The molecule has 15 heavy (non-hydrogen) atoms. The maximum absolute atomic E-state index is 11.1. The number of nitrogens with zero attached hydrogens (tertiary/aromatic N) is 1. The third kappa shape index (κ3) is 1.29. The average molecular weight is 196 g/mol. The second-order valence-corrected chi connectivity index (χ2v) is 3.46. The lowest BCUT2D eigenvalue weighted by Crippen LogP contribution is -2.04. The van der Waals surface area contributed by atoms with Gasteiger partial charge in [-0.05, 0) is 22.9 Å². The first-order valence-electron chi connectivity index (χ1n) is 4.71. The fourth-order valence-corrected chi connectivity index (χ4v) is 1.73. The van der Waals surface area contributed by atoms with E-state index in [2.05, 4.69) is 9.97 Å². The molecule has 0 spiro atoms. The fourth-order valence-electron chi connectivity index (χ4n) is 1.73. The molecule has 0 saturated carbocycles. The molecule has 0 aliphatic carbocycles. The van der Waals surface area contributed by atoms with Crippen LogP contribution < -0.4 is 5.56 Å². The van der Waals surface area contributed by atoms with E-state index in [4.69, 9.17) is 0 Å². The molecule has 1 heterocycles. The molecule has 0 amide bonds. The Morgan fingerprint density at radius 2 is 1.80 bits per heavy atom. The van der Waals surface area contributed by atoms with Crippen LogP contribution in [-0.2, 0) is 0 Å². The summed E-state index contributed by atoms with van der Waals surface area (Å²) < 4.78 is 0. The number of benzene rings is 2. The highest BCUT2D eigenvalue weighted by Crippen LogP contribution is 2.18. The Labute approximate surface area is 85.4 Å². The zero-order valence-electron chi connectivity index (χ0n) is 7.90. The van der Waals surface area contributed by atoms with Crippen molar-refractivity contribution in [2.45, 2.75) is 0 Å². The van der Waals surface area contributed by atoms with Crippen molar-refractivity contribution in [2.75, 3.05) is 0 Å². The van der Waals surface area contributed by atoms with Gasteiger partial charge in [-0.15, -0.1) is 0 Å². The highest BCUT2D eigenvalue weighted by molar-refractivity contribution is 5.94. The Kier molecular flexibility index (Phi) is 1.59. The molecule has 0 bridgehead atoms. The molecule has 0 saturated heterocycles. The zero-order valence-corrected chi connectivity index (χ0v) is 7.90. The van der Waals surface area contributed by atoms with Crippen LogP contribution in [0.5, 0.6) is 0 Å². The first-order valence-corrected chi connectivity index (χ1v) is 4.71. The van der Waals surface area contributed by atoms with Crippen LogP contribution in [0.3, 0.4) is 0 Å². The summed E-state index contributed by atoms with van der Waals surface area (Å²) in [6.07, 6.45) is 1.30. The molecule has 0 aliphatic rings. The minimum absolute atomic E-state index is 0.169. The number of rotatable bonds is 0. The van der Waals surface area contributed by atoms with E-state index < -0.39 is 0 Å². The minimum Gasteiger partial charge on any atom is -0.319 e. The molecule has 3 aromatic rings. The van der Waals surface area contributed by atoms with Gasteiger partial charge in [0.15, 0.2) is 0 Å². The van der Waals surface area contributed by atoms with Gasteiger partial charge in [0.1, 0.15) is 0 Å². The van der Waals surface area contributed by atoms with E-state index in [1.807, 2.05) is 36.4 Å². The van der Waals surface area contributed by atoms with Gasteiger partial charge in [-0.25, -0.2) is 4.98 Å². The molecule has 2 aromatic carbocycles. The Bertz CT molecular complexity index is 700. The summed E-state index contributed by atoms with van der Waals surface area (Å²) in [5.41, 5.74) is 1.42. The lowest BCUT2D eigenvalue weighted by atomic mass is 10.1. The lowest BCUT2D eigenvalue weighted by Gasteiger charge is -2.00. The van der Waals surface area contributed by atoms with E-state index >= 15 is 0 Å². The number of hydrogen-bond acceptors (Lipinski definition) is 2. The van der Waals surface area contributed by atoms with Crippen LogP contribution >= 0.6 is 0 Å². The summed E-state index contributed by atoms with van der Waals surface area (Å²) in [6, 6.07) is 11.9. The van der Waals surface area contributed by atoms with Crippen molar-refractivity contribution >= 4 is 21.8 Å². The van der Waals surface area contributed by atoms with Crippen molar-refractivity contribution in [1.82, 2.24) is 9.97 Å². The SMILES string of the molecule is O=c1cnc2cc3ccccc3cc2[nH]1. The molecule has 0 unspecified atom stereocenters. The zero-order chi connectivity index (χ0) is 10.3. The molecule has 1 N–H and O–H groups in total. The highest BCUT2D eigenvalue weighted by Gasteiger charge is 1.98. The van der Waals surface area contributed by atoms with Crippen LogP contribution in [0, 0.1) is 0 Å². The first-order chi connectivity index (χ1) is 7.33. The van der Waals surface area contributed by atoms with Gasteiger partial charge in [0, 0.05) is 0 Å². The molecule has 3 rings (SSSR count). The van der Waals surface area contributed by atoms with Gasteiger partial charge in [-0.1, -0.05) is 24.3 Å². The number of H-pyrrole nitrogens is 1. The summed E-state index contributed by atoms with van der Waals surface area (Å²) in [5, 5.41) is 2.23. The van der Waals surface area contributed by atoms with Crippen LogP contribution in [0.4, 0.5) is 0 Å². The van der Waals surface area contributed by atoms with Crippen molar-refractivity contribution in [1.29, 1.82) is 0 Å². The number of hydrogen-bond donors (Lipinski definition) is 1. The summed E-state index contributed by atoms with van der Waals surface area (Å²) in [7, 11) is 0. The Morgan fingerprint density at radius 3 is 2.60 bits per heavy atom. The number of nitrogens with one attached hydrogen (secondary N) is 1. The summed E-state index contributed by atoms with van der Waals surface area (Å²) >= 11 is 0. The predicted molar refractivity (Wildman–Crippen MR) is 59.9 cm³/mol. The Hall–Kier alpha value is -2.16. The molecule has 72 valence electrons. The average Bonchev–Trinajstić information content (AvgIpc) is 2.26. The fraction of sp³-hybridized carbons (Fsp3) is 0. The Balaban J connectivity index is 2.53. The van der Waals surface area contributed by atoms with E-state index in [1.165, 1.54) is 6.20 Å². The van der Waals surface area contributed by atoms with Gasteiger partial charge in [0.05, 0.1) is 17.2 Å². The normalized spacial score (nSPS) is 10.9. The first kappa shape index (κ1) is 8.17. The smallest absolute Gasteiger partial charge is 0.266 e. The highest BCUT2D eigenvalue weighted by atomic mass is 16.1. The van der Waals surface area contributed by atoms with Gasteiger partial charge in [-0.2, -0.15) is 0 Å². The van der Waals surface area contributed by atoms with Gasteiger partial charge in [0.2, 0.25) is 0 Å².